The zero-order valence-corrected chi connectivity index (χ0v) is 3.77. The van der Waals surface area contributed by atoms with Gasteiger partial charge < -0.3 is 16.7 Å². The van der Waals surface area contributed by atoms with Crippen LogP contribution in [0.25, 0.3) is 0 Å². The van der Waals surface area contributed by atoms with Gasteiger partial charge in [-0.3, -0.25) is 0 Å². The van der Waals surface area contributed by atoms with E-state index in [2.05, 4.69) is 11.5 Å². The van der Waals surface area contributed by atoms with Crippen LogP contribution in [0, 0.1) is 10.1 Å². The number of nitrogens with two attached hydrogens (primary N) is 2. The summed E-state index contributed by atoms with van der Waals surface area (Å²) in [6, 6.07) is -0.833. The van der Waals surface area contributed by atoms with Gasteiger partial charge in [0, 0.05) is 0 Å². The minimum atomic E-state index is -1.50. The Bertz CT molecular complexity index is 73.8. The molecule has 0 aromatic rings. The predicted octanol–water partition coefficient (Wildman–Crippen LogP) is -2.24. The summed E-state index contributed by atoms with van der Waals surface area (Å²) in [5.74, 6) is 0. The fraction of sp³-hybridized carbons (Fsp3) is 0. The van der Waals surface area contributed by atoms with Crippen LogP contribution in [-0.4, -0.2) is 54.1 Å². The summed E-state index contributed by atoms with van der Waals surface area (Å²) in [5.41, 5.74) is 8.50. The number of rotatable bonds is 0. The molecule has 0 aromatic carbocycles. The van der Waals surface area contributed by atoms with E-state index in [0.29, 0.717) is 0 Å². The van der Waals surface area contributed by atoms with Gasteiger partial charge in [-0.25, -0.2) is 4.79 Å². The number of amides is 2. The second-order valence-corrected chi connectivity index (χ2v) is 0.640. The van der Waals surface area contributed by atoms with Crippen LogP contribution in [0.15, 0.2) is 0 Å². The molecule has 2 amide bonds. The average molecular weight is 165 g/mol. The Labute approximate surface area is 80.1 Å². The van der Waals surface area contributed by atoms with E-state index < -0.39 is 11.1 Å². The quantitative estimate of drug-likeness (QED) is 0.212. The van der Waals surface area contributed by atoms with Crippen LogP contribution in [0.4, 0.5) is 4.79 Å². The molecule has 0 radical (unpaired) electrons. The Kier molecular flexibility index (Phi) is 18.8. The van der Waals surface area contributed by atoms with Crippen molar-refractivity contribution in [3.8, 4) is 0 Å². The third kappa shape index (κ3) is 3470. The van der Waals surface area contributed by atoms with E-state index in [1.165, 1.54) is 0 Å². The van der Waals surface area contributed by atoms with Crippen LogP contribution < -0.4 is 11.5 Å². The third-order valence-electron chi connectivity index (χ3n) is 0. The molecule has 0 aliphatic carbocycles. The zero-order valence-electron chi connectivity index (χ0n) is 3.77. The third-order valence-corrected chi connectivity index (χ3v) is 0. The fourth-order valence-electron chi connectivity index (χ4n) is 0. The van der Waals surface area contributed by atoms with Gasteiger partial charge >= 0.3 is 43.8 Å². The van der Waals surface area contributed by atoms with Crippen molar-refractivity contribution in [1.82, 2.24) is 0 Å². The molecule has 9 heavy (non-hydrogen) atoms. The molecule has 0 saturated carbocycles. The summed E-state index contributed by atoms with van der Waals surface area (Å²) in [7, 11) is 0. The molecule has 0 aromatic heterocycles. The summed E-state index contributed by atoms with van der Waals surface area (Å²) in [5, 5.41) is 13.6. The maximum absolute atomic E-state index is 9.00. The molecule has 0 rings (SSSR count). The van der Waals surface area contributed by atoms with Crippen molar-refractivity contribution in [2.24, 2.45) is 11.5 Å². The number of primary amides is 2. The van der Waals surface area contributed by atoms with Gasteiger partial charge in [-0.15, -0.1) is 10.1 Å². The second kappa shape index (κ2) is 10.7. The number of carbonyl (C=O) groups excluding carboxylic acids is 1. The summed E-state index contributed by atoms with van der Waals surface area (Å²) in [6.45, 7) is 0. The number of hydrogen-bond acceptors (Lipinski definition) is 3. The first-order valence-electron chi connectivity index (χ1n) is 1.35. The van der Waals surface area contributed by atoms with Crippen LogP contribution in [0.5, 0.6) is 0 Å². The van der Waals surface area contributed by atoms with Crippen LogP contribution >= 0.6 is 0 Å². The average Bonchev–Trinajstić information content (AvgIpc) is 1.25. The summed E-state index contributed by atoms with van der Waals surface area (Å²) in [4.78, 5) is 17.4. The van der Waals surface area contributed by atoms with Crippen molar-refractivity contribution in [3.63, 3.8) is 0 Å². The van der Waals surface area contributed by atoms with E-state index in [9.17, 15) is 0 Å². The Morgan fingerprint density at radius 1 is 1.56 bits per heavy atom. The van der Waals surface area contributed by atoms with E-state index in [1.807, 2.05) is 0 Å². The second-order valence-electron chi connectivity index (χ2n) is 0.640. The molecule has 0 aliphatic rings. The van der Waals surface area contributed by atoms with Crippen molar-refractivity contribution in [2.75, 3.05) is 0 Å². The van der Waals surface area contributed by atoms with Gasteiger partial charge in [-0.1, -0.05) is 0 Å². The van der Waals surface area contributed by atoms with E-state index in [1.54, 1.807) is 0 Å². The van der Waals surface area contributed by atoms with Gasteiger partial charge in [0.25, 0.3) is 5.09 Å². The molecule has 0 heterocycles. The number of nitrogens with zero attached hydrogens (tertiary/aromatic N) is 1. The SMILES string of the molecule is NC(N)=O.O=[N+]([O-])O.[CaH2]. The standard InChI is InChI=1S/CH4N2O.Ca.HNO3.2H/c2-1(3)4;;2-1(3)4;;/h(H4,2,3,4);;(H,2,3,4);;. The van der Waals surface area contributed by atoms with Gasteiger partial charge in [0.1, 0.15) is 0 Å². The molecular formula is CH7CaN3O4. The molecule has 0 spiro atoms. The molecule has 7 nitrogen and oxygen atoms in total. The van der Waals surface area contributed by atoms with E-state index in [4.69, 9.17) is 20.1 Å². The van der Waals surface area contributed by atoms with Gasteiger partial charge in [0.2, 0.25) is 0 Å². The summed E-state index contributed by atoms with van der Waals surface area (Å²) >= 11 is 0. The van der Waals surface area contributed by atoms with Crippen molar-refractivity contribution < 1.29 is 15.1 Å². The van der Waals surface area contributed by atoms with Gasteiger partial charge in [-0.05, 0) is 0 Å². The van der Waals surface area contributed by atoms with Crippen LogP contribution in [-0.2, 0) is 0 Å². The summed E-state index contributed by atoms with van der Waals surface area (Å²) in [6.07, 6.45) is 0. The van der Waals surface area contributed by atoms with Gasteiger partial charge in [0.05, 0.1) is 0 Å². The minimum absolute atomic E-state index is 0. The molecule has 8 heteroatoms. The van der Waals surface area contributed by atoms with Crippen molar-refractivity contribution in [2.45, 2.75) is 0 Å². The van der Waals surface area contributed by atoms with Crippen LogP contribution in [0.3, 0.4) is 0 Å². The first-order chi connectivity index (χ1) is 3.46. The molecule has 0 fully saturated rings. The monoisotopic (exact) mass is 165 g/mol. The zero-order chi connectivity index (χ0) is 7.15. The van der Waals surface area contributed by atoms with Gasteiger partial charge in [0.15, 0.2) is 0 Å². The summed E-state index contributed by atoms with van der Waals surface area (Å²) < 4.78 is 0. The van der Waals surface area contributed by atoms with Crippen molar-refractivity contribution in [3.05, 3.63) is 10.1 Å². The Morgan fingerprint density at radius 3 is 1.56 bits per heavy atom. The molecule has 0 aliphatic heterocycles. The molecular weight excluding hydrogens is 158 g/mol. The normalized spacial score (nSPS) is 5.33. The molecule has 0 unspecified atom stereocenters. The van der Waals surface area contributed by atoms with E-state index >= 15 is 0 Å². The molecule has 0 saturated heterocycles. The Morgan fingerprint density at radius 2 is 1.56 bits per heavy atom. The van der Waals surface area contributed by atoms with E-state index in [-0.39, 0.29) is 37.7 Å². The molecule has 52 valence electrons. The van der Waals surface area contributed by atoms with Crippen molar-refractivity contribution in [1.29, 1.82) is 0 Å². The first-order valence-corrected chi connectivity index (χ1v) is 1.35. The Hall–Kier alpha value is -0.270. The van der Waals surface area contributed by atoms with Crippen molar-refractivity contribution >= 4 is 43.8 Å². The molecule has 5 N–H and O–H groups in total. The Balaban J connectivity index is -0.0000000720. The molecule has 0 bridgehead atoms. The number of urea groups is 1. The molecule has 0 atom stereocenters. The van der Waals surface area contributed by atoms with Crippen LogP contribution in [0.1, 0.15) is 0 Å². The fourth-order valence-corrected chi connectivity index (χ4v) is 0. The van der Waals surface area contributed by atoms with E-state index in [0.717, 1.165) is 0 Å². The maximum atomic E-state index is 9.00. The van der Waals surface area contributed by atoms with Crippen LogP contribution in [0.2, 0.25) is 0 Å². The first kappa shape index (κ1) is 15.9. The number of hydrogen-bond donors (Lipinski definition) is 3. The number of carbonyl (C=O) groups is 1. The van der Waals surface area contributed by atoms with Gasteiger partial charge in [-0.2, -0.15) is 0 Å². The topological polar surface area (TPSA) is 132 Å². The predicted molar refractivity (Wildman–Crippen MR) is 31.1 cm³/mol.